The molecule has 0 amide bonds. The third kappa shape index (κ3) is 4.93. The van der Waals surface area contributed by atoms with Gasteiger partial charge in [-0.2, -0.15) is 13.2 Å². The number of halogens is 4. The highest BCUT2D eigenvalue weighted by molar-refractivity contribution is 7.83. The molecule has 0 saturated heterocycles. The van der Waals surface area contributed by atoms with Crippen LogP contribution >= 0.6 is 11.6 Å². The first-order valence-corrected chi connectivity index (χ1v) is 8.89. The molecule has 2 aromatic rings. The topological polar surface area (TPSA) is 72.2 Å². The molecule has 2 rings (SSSR count). The summed E-state index contributed by atoms with van der Waals surface area (Å²) in [6.07, 6.45) is -3.27. The van der Waals surface area contributed by atoms with Crippen molar-refractivity contribution in [3.63, 3.8) is 0 Å². The molecule has 0 radical (unpaired) electrons. The van der Waals surface area contributed by atoms with Crippen LogP contribution in [0.25, 0.3) is 0 Å². The van der Waals surface area contributed by atoms with Crippen LogP contribution in [-0.2, 0) is 22.7 Å². The normalized spacial score (nSPS) is 12.7. The van der Waals surface area contributed by atoms with Crippen LogP contribution in [0.1, 0.15) is 11.1 Å². The number of nitrogens with zero attached hydrogens (tertiary/aromatic N) is 1. The predicted molar refractivity (Wildman–Crippen MR) is 90.6 cm³/mol. The molecule has 0 aliphatic heterocycles. The molecule has 2 aromatic carbocycles. The van der Waals surface area contributed by atoms with Gasteiger partial charge < -0.3 is 5.32 Å². The summed E-state index contributed by atoms with van der Waals surface area (Å²) in [4.78, 5) is 10.2. The number of nitro benzene ring substituents is 1. The van der Waals surface area contributed by atoms with Crippen molar-refractivity contribution in [1.29, 1.82) is 0 Å². The maximum absolute atomic E-state index is 12.9. The van der Waals surface area contributed by atoms with Gasteiger partial charge in [0.1, 0.15) is 5.69 Å². The van der Waals surface area contributed by atoms with Gasteiger partial charge in [0.2, 0.25) is 0 Å². The van der Waals surface area contributed by atoms with Gasteiger partial charge in [-0.1, -0.05) is 23.7 Å². The summed E-state index contributed by atoms with van der Waals surface area (Å²) in [5.41, 5.74) is -1.08. The van der Waals surface area contributed by atoms with Gasteiger partial charge in [-0.3, -0.25) is 14.3 Å². The van der Waals surface area contributed by atoms with Crippen molar-refractivity contribution >= 4 is 39.5 Å². The van der Waals surface area contributed by atoms with Gasteiger partial charge in [0, 0.05) is 34.6 Å². The quantitative estimate of drug-likeness (QED) is 0.581. The summed E-state index contributed by atoms with van der Waals surface area (Å²) in [5.74, 6) is 0.283. The Morgan fingerprint density at radius 2 is 1.96 bits per heavy atom. The lowest BCUT2D eigenvalue weighted by molar-refractivity contribution is -0.384. The third-order valence-corrected chi connectivity index (χ3v) is 4.22. The molecule has 0 aromatic heterocycles. The molecule has 10 heteroatoms. The summed E-state index contributed by atoms with van der Waals surface area (Å²) in [7, 11) is -1.08. The zero-order chi connectivity index (χ0) is 18.8. The molecule has 134 valence electrons. The Balaban J connectivity index is 2.44. The van der Waals surface area contributed by atoms with Crippen LogP contribution in [0.5, 0.6) is 0 Å². The average Bonchev–Trinajstić information content (AvgIpc) is 2.45. The summed E-state index contributed by atoms with van der Waals surface area (Å²) < 4.78 is 49.9. The average molecular weight is 393 g/mol. The number of rotatable bonds is 5. The Morgan fingerprint density at radius 1 is 1.28 bits per heavy atom. The lowest BCUT2D eigenvalue weighted by Crippen LogP contribution is -2.08. The van der Waals surface area contributed by atoms with Crippen LogP contribution in [0.3, 0.4) is 0 Å². The van der Waals surface area contributed by atoms with Gasteiger partial charge in [0.15, 0.2) is 0 Å². The molecular formula is C15H12ClF3N2O3S. The Kier molecular flexibility index (Phi) is 5.69. The van der Waals surface area contributed by atoms with Gasteiger partial charge in [0.25, 0.3) is 5.69 Å². The summed E-state index contributed by atoms with van der Waals surface area (Å²) in [6, 6.07) is 7.82. The van der Waals surface area contributed by atoms with E-state index in [2.05, 4.69) is 5.32 Å². The molecule has 5 nitrogen and oxygen atoms in total. The third-order valence-electron chi connectivity index (χ3n) is 3.16. The number of nitro groups is 1. The van der Waals surface area contributed by atoms with Crippen LogP contribution in [-0.4, -0.2) is 15.4 Å². The van der Waals surface area contributed by atoms with Crippen LogP contribution in [0.2, 0.25) is 5.02 Å². The van der Waals surface area contributed by atoms with Crippen molar-refractivity contribution in [3.05, 3.63) is 62.7 Å². The van der Waals surface area contributed by atoms with Crippen molar-refractivity contribution in [3.8, 4) is 0 Å². The maximum Gasteiger partial charge on any atom is 0.418 e. The first-order chi connectivity index (χ1) is 11.6. The van der Waals surface area contributed by atoms with Crippen molar-refractivity contribution < 1.29 is 22.3 Å². The van der Waals surface area contributed by atoms with Gasteiger partial charge in [-0.15, -0.1) is 0 Å². The highest BCUT2D eigenvalue weighted by atomic mass is 35.5. The number of nitrogens with one attached hydrogen (secondary N) is 1. The van der Waals surface area contributed by atoms with Gasteiger partial charge in [-0.25, -0.2) is 0 Å². The maximum atomic E-state index is 12.9. The number of anilines is 2. The first kappa shape index (κ1) is 19.2. The fourth-order valence-corrected chi connectivity index (χ4v) is 3.08. The van der Waals surface area contributed by atoms with E-state index < -0.39 is 38.2 Å². The Labute approximate surface area is 148 Å². The van der Waals surface area contributed by atoms with E-state index in [0.717, 1.165) is 6.07 Å². The van der Waals surface area contributed by atoms with E-state index in [0.29, 0.717) is 17.3 Å². The number of benzene rings is 2. The molecule has 0 heterocycles. The van der Waals surface area contributed by atoms with Crippen molar-refractivity contribution in [1.82, 2.24) is 0 Å². The number of alkyl halides is 3. The van der Waals surface area contributed by atoms with E-state index in [4.69, 9.17) is 11.6 Å². The van der Waals surface area contributed by atoms with E-state index in [-0.39, 0.29) is 11.4 Å². The lowest BCUT2D eigenvalue weighted by Gasteiger charge is -2.13. The summed E-state index contributed by atoms with van der Waals surface area (Å²) >= 11 is 5.63. The summed E-state index contributed by atoms with van der Waals surface area (Å²) in [5, 5.41) is 13.2. The Bertz CT molecular complexity index is 843. The second kappa shape index (κ2) is 7.40. The van der Waals surface area contributed by atoms with E-state index >= 15 is 0 Å². The number of hydrogen-bond acceptors (Lipinski definition) is 4. The standard InChI is InChI=1S/C15H12ClF3N2O3S/c1-25(24)8-9-3-2-4-10(5-9)20-13-7-12(16)11(15(17,18)19)6-14(13)21(22)23/h2-7,20H,8H2,1H3. The molecule has 0 saturated carbocycles. The minimum atomic E-state index is -4.80. The van der Waals surface area contributed by atoms with Gasteiger partial charge >= 0.3 is 6.18 Å². The fraction of sp³-hybridized carbons (Fsp3) is 0.200. The molecule has 0 bridgehead atoms. The smallest absolute Gasteiger partial charge is 0.350 e. The second-order valence-corrected chi connectivity index (χ2v) is 6.99. The van der Waals surface area contributed by atoms with Crippen LogP contribution in [0.15, 0.2) is 36.4 Å². The molecule has 1 unspecified atom stereocenters. The van der Waals surface area contributed by atoms with Gasteiger partial charge in [0.05, 0.1) is 15.5 Å². The van der Waals surface area contributed by atoms with Crippen molar-refractivity contribution in [2.75, 3.05) is 11.6 Å². The lowest BCUT2D eigenvalue weighted by atomic mass is 10.1. The number of hydrogen-bond donors (Lipinski definition) is 1. The van der Waals surface area contributed by atoms with Crippen molar-refractivity contribution in [2.45, 2.75) is 11.9 Å². The predicted octanol–water partition coefficient (Wildman–Crippen LogP) is 4.89. The zero-order valence-electron chi connectivity index (χ0n) is 12.8. The molecule has 1 N–H and O–H groups in total. The highest BCUT2D eigenvalue weighted by Gasteiger charge is 2.36. The SMILES string of the molecule is CS(=O)Cc1cccc(Nc2cc(Cl)c(C(F)(F)F)cc2[N+](=O)[O-])c1. The van der Waals surface area contributed by atoms with Crippen LogP contribution < -0.4 is 5.32 Å². The fourth-order valence-electron chi connectivity index (χ4n) is 2.16. The van der Waals surface area contributed by atoms with Crippen LogP contribution in [0, 0.1) is 10.1 Å². The van der Waals surface area contributed by atoms with Crippen LogP contribution in [0.4, 0.5) is 30.2 Å². The molecular weight excluding hydrogens is 381 g/mol. The molecule has 0 spiro atoms. The van der Waals surface area contributed by atoms with E-state index in [1.165, 1.54) is 6.26 Å². The molecule has 0 aliphatic carbocycles. The van der Waals surface area contributed by atoms with E-state index in [1.807, 2.05) is 0 Å². The zero-order valence-corrected chi connectivity index (χ0v) is 14.3. The Morgan fingerprint density at radius 3 is 2.52 bits per heavy atom. The van der Waals surface area contributed by atoms with Gasteiger partial charge in [-0.05, 0) is 23.8 Å². The first-order valence-electron chi connectivity index (χ1n) is 6.79. The van der Waals surface area contributed by atoms with E-state index in [1.54, 1.807) is 24.3 Å². The second-order valence-electron chi connectivity index (χ2n) is 5.15. The van der Waals surface area contributed by atoms with E-state index in [9.17, 15) is 27.5 Å². The monoisotopic (exact) mass is 392 g/mol. The molecule has 1 atom stereocenters. The minimum Gasteiger partial charge on any atom is -0.350 e. The molecule has 0 aliphatic rings. The Hall–Kier alpha value is -2.13. The summed E-state index contributed by atoms with van der Waals surface area (Å²) in [6.45, 7) is 0. The van der Waals surface area contributed by atoms with Crippen molar-refractivity contribution in [2.24, 2.45) is 0 Å². The molecule has 0 fully saturated rings. The molecule has 25 heavy (non-hydrogen) atoms. The highest BCUT2D eigenvalue weighted by Crippen LogP contribution is 2.41. The minimum absolute atomic E-state index is 0.169. The largest absolute Gasteiger partial charge is 0.418 e.